The lowest BCUT2D eigenvalue weighted by Crippen LogP contribution is -2.19. The lowest BCUT2D eigenvalue weighted by atomic mass is 9.97. The second kappa shape index (κ2) is 3.44. The summed E-state index contributed by atoms with van der Waals surface area (Å²) >= 11 is 5.64. The van der Waals surface area contributed by atoms with E-state index in [9.17, 15) is 9.70 Å². The highest BCUT2D eigenvalue weighted by Crippen LogP contribution is 2.24. The van der Waals surface area contributed by atoms with Gasteiger partial charge >= 0.3 is 0 Å². The van der Waals surface area contributed by atoms with Crippen molar-refractivity contribution >= 4 is 17.9 Å². The third-order valence-corrected chi connectivity index (χ3v) is 1.90. The van der Waals surface area contributed by atoms with E-state index in [2.05, 4.69) is 5.18 Å². The number of nitrogens with zero attached hydrogens (tertiary/aromatic N) is 1. The largest absolute Gasteiger partial charge is 0.303 e. The second-order valence-electron chi connectivity index (χ2n) is 2.19. The Balaban J connectivity index is 2.86. The van der Waals surface area contributed by atoms with Crippen LogP contribution in [0.3, 0.4) is 0 Å². The van der Waals surface area contributed by atoms with Crippen molar-refractivity contribution in [2.24, 2.45) is 11.1 Å². The summed E-state index contributed by atoms with van der Waals surface area (Å²) in [6.07, 6.45) is 5.39. The van der Waals surface area contributed by atoms with Gasteiger partial charge in [-0.3, -0.25) is 0 Å². The monoisotopic (exact) mass is 171 g/mol. The predicted molar refractivity (Wildman–Crippen MR) is 42.2 cm³/mol. The van der Waals surface area contributed by atoms with E-state index < -0.39 is 12.0 Å². The molecule has 0 N–H and O–H groups in total. The van der Waals surface area contributed by atoms with Gasteiger partial charge in [-0.05, 0) is 6.08 Å². The van der Waals surface area contributed by atoms with E-state index in [-0.39, 0.29) is 0 Å². The third kappa shape index (κ3) is 1.54. The summed E-state index contributed by atoms with van der Waals surface area (Å²) in [5.41, 5.74) is 0. The Morgan fingerprint density at radius 2 is 2.36 bits per heavy atom. The number of carbonyl (C=O) groups is 1. The van der Waals surface area contributed by atoms with Crippen LogP contribution in [0.1, 0.15) is 0 Å². The number of halogens is 1. The molecule has 1 unspecified atom stereocenters. The highest BCUT2D eigenvalue weighted by Gasteiger charge is 2.24. The summed E-state index contributed by atoms with van der Waals surface area (Å²) < 4.78 is 0. The van der Waals surface area contributed by atoms with Crippen molar-refractivity contribution < 1.29 is 4.79 Å². The number of allylic oxidation sites excluding steroid dienone is 2. The summed E-state index contributed by atoms with van der Waals surface area (Å²) in [5, 5.41) is 3.12. The van der Waals surface area contributed by atoms with E-state index in [1.807, 2.05) is 0 Å². The van der Waals surface area contributed by atoms with E-state index in [0.29, 0.717) is 11.3 Å². The number of hydrogen-bond donors (Lipinski definition) is 0. The molecule has 0 bridgehead atoms. The van der Waals surface area contributed by atoms with Crippen molar-refractivity contribution in [1.29, 1.82) is 0 Å². The first-order chi connectivity index (χ1) is 5.29. The van der Waals surface area contributed by atoms with Crippen molar-refractivity contribution in [2.75, 3.05) is 0 Å². The van der Waals surface area contributed by atoms with Crippen LogP contribution >= 0.6 is 11.6 Å². The Bertz CT molecular complexity index is 235. The standard InChI is InChI=1S/C7H6ClNO2/c8-6-2-1-3-7(9-11)5(6)4-10/h1-5,7H/t5?,7-/m0/s1. The van der Waals surface area contributed by atoms with E-state index in [4.69, 9.17) is 11.6 Å². The molecule has 0 saturated heterocycles. The van der Waals surface area contributed by atoms with Gasteiger partial charge in [-0.1, -0.05) is 28.9 Å². The molecule has 0 saturated carbocycles. The van der Waals surface area contributed by atoms with E-state index in [0.717, 1.165) is 0 Å². The van der Waals surface area contributed by atoms with Gasteiger partial charge < -0.3 is 4.79 Å². The molecule has 1 aliphatic carbocycles. The van der Waals surface area contributed by atoms with Gasteiger partial charge in [0.25, 0.3) is 0 Å². The highest BCUT2D eigenvalue weighted by molar-refractivity contribution is 6.31. The molecule has 11 heavy (non-hydrogen) atoms. The first kappa shape index (κ1) is 8.14. The number of rotatable bonds is 2. The van der Waals surface area contributed by atoms with Crippen molar-refractivity contribution in [3.63, 3.8) is 0 Å². The summed E-state index contributed by atoms with van der Waals surface area (Å²) in [6.45, 7) is 0. The van der Waals surface area contributed by atoms with Gasteiger partial charge in [0.05, 0.1) is 5.92 Å². The summed E-state index contributed by atoms with van der Waals surface area (Å²) in [6, 6.07) is -0.634. The molecule has 0 aliphatic heterocycles. The molecule has 0 heterocycles. The SMILES string of the molecule is O=CC1C(Cl)=CC=C[C@@H]1N=O. The minimum Gasteiger partial charge on any atom is -0.303 e. The maximum Gasteiger partial charge on any atom is 0.130 e. The van der Waals surface area contributed by atoms with Gasteiger partial charge in [0.1, 0.15) is 12.3 Å². The molecular weight excluding hydrogens is 166 g/mol. The maximum absolute atomic E-state index is 10.4. The lowest BCUT2D eigenvalue weighted by Gasteiger charge is -2.14. The quantitative estimate of drug-likeness (QED) is 0.468. The van der Waals surface area contributed by atoms with Gasteiger partial charge in [-0.25, -0.2) is 0 Å². The van der Waals surface area contributed by atoms with Crippen LogP contribution in [0.2, 0.25) is 0 Å². The van der Waals surface area contributed by atoms with Crippen molar-refractivity contribution in [3.05, 3.63) is 28.2 Å². The minimum absolute atomic E-state index is 0.368. The first-order valence-corrected chi connectivity index (χ1v) is 3.49. The van der Waals surface area contributed by atoms with Crippen LogP contribution in [-0.4, -0.2) is 12.3 Å². The van der Waals surface area contributed by atoms with Gasteiger partial charge in [0.2, 0.25) is 0 Å². The Kier molecular flexibility index (Phi) is 2.54. The molecule has 1 aliphatic rings. The number of carbonyl (C=O) groups excluding carboxylic acids is 1. The summed E-state index contributed by atoms with van der Waals surface area (Å²) in [5.74, 6) is -0.584. The number of aldehydes is 1. The molecule has 0 aromatic rings. The van der Waals surface area contributed by atoms with Crippen molar-refractivity contribution in [2.45, 2.75) is 6.04 Å². The number of hydrogen-bond acceptors (Lipinski definition) is 3. The average molecular weight is 172 g/mol. The van der Waals surface area contributed by atoms with Crippen LogP contribution in [0.15, 0.2) is 28.4 Å². The zero-order valence-corrected chi connectivity index (χ0v) is 6.36. The Morgan fingerprint density at radius 3 is 2.82 bits per heavy atom. The molecule has 0 aromatic heterocycles. The van der Waals surface area contributed by atoms with Crippen LogP contribution in [0.5, 0.6) is 0 Å². The topological polar surface area (TPSA) is 46.5 Å². The predicted octanol–water partition coefficient (Wildman–Crippen LogP) is 1.63. The minimum atomic E-state index is -0.634. The number of nitroso groups, excluding NO2 is 1. The molecule has 0 aromatic carbocycles. The molecule has 2 atom stereocenters. The summed E-state index contributed by atoms with van der Waals surface area (Å²) in [4.78, 5) is 20.5. The average Bonchev–Trinajstić information content (AvgIpc) is 2.04. The van der Waals surface area contributed by atoms with E-state index in [1.165, 1.54) is 0 Å². The van der Waals surface area contributed by atoms with Crippen LogP contribution in [-0.2, 0) is 4.79 Å². The van der Waals surface area contributed by atoms with Gasteiger partial charge in [0.15, 0.2) is 0 Å². The summed E-state index contributed by atoms with van der Waals surface area (Å²) in [7, 11) is 0. The van der Waals surface area contributed by atoms with Crippen LogP contribution in [0, 0.1) is 10.8 Å². The van der Waals surface area contributed by atoms with Crippen molar-refractivity contribution in [1.82, 2.24) is 0 Å². The highest BCUT2D eigenvalue weighted by atomic mass is 35.5. The Hall–Kier alpha value is -0.960. The smallest absolute Gasteiger partial charge is 0.130 e. The van der Waals surface area contributed by atoms with Crippen LogP contribution in [0.4, 0.5) is 0 Å². The molecule has 3 nitrogen and oxygen atoms in total. The zero-order chi connectivity index (χ0) is 8.27. The van der Waals surface area contributed by atoms with Crippen LogP contribution in [0.25, 0.3) is 0 Å². The molecule has 4 heteroatoms. The third-order valence-electron chi connectivity index (χ3n) is 1.52. The molecule has 58 valence electrons. The zero-order valence-electron chi connectivity index (χ0n) is 5.61. The molecule has 0 radical (unpaired) electrons. The van der Waals surface area contributed by atoms with E-state index in [1.54, 1.807) is 18.2 Å². The van der Waals surface area contributed by atoms with Gasteiger partial charge in [-0.15, -0.1) is 0 Å². The molecule has 0 amide bonds. The van der Waals surface area contributed by atoms with Crippen LogP contribution < -0.4 is 0 Å². The van der Waals surface area contributed by atoms with Crippen molar-refractivity contribution in [3.8, 4) is 0 Å². The fourth-order valence-corrected chi connectivity index (χ4v) is 1.15. The molecule has 0 fully saturated rings. The first-order valence-electron chi connectivity index (χ1n) is 3.11. The Morgan fingerprint density at radius 1 is 1.64 bits per heavy atom. The maximum atomic E-state index is 10.4. The molecule has 0 spiro atoms. The molecule has 1 rings (SSSR count). The second-order valence-corrected chi connectivity index (χ2v) is 2.63. The van der Waals surface area contributed by atoms with Gasteiger partial charge in [0, 0.05) is 5.03 Å². The molecular formula is C7H6ClNO2. The normalized spacial score (nSPS) is 29.4. The van der Waals surface area contributed by atoms with E-state index >= 15 is 0 Å². The lowest BCUT2D eigenvalue weighted by molar-refractivity contribution is -0.110. The fraction of sp³-hybridized carbons (Fsp3) is 0.286. The van der Waals surface area contributed by atoms with Gasteiger partial charge in [-0.2, -0.15) is 4.91 Å². The Labute approximate surface area is 68.7 Å². The fourth-order valence-electron chi connectivity index (χ4n) is 0.901.